The summed E-state index contributed by atoms with van der Waals surface area (Å²) in [6.45, 7) is 2.45. The van der Waals surface area contributed by atoms with Gasteiger partial charge in [0.05, 0.1) is 6.54 Å². The molecular formula is C12H15N3O3S. The van der Waals surface area contributed by atoms with E-state index in [0.717, 1.165) is 12.3 Å². The quantitative estimate of drug-likeness (QED) is 0.734. The standard InChI is InChI=1S/C12H15N3O3S/c1-8(18-10-4-2-9(16)3-5-10)14-11(17)15-12-13-6-7-19-12/h2-5,8,16H,6-7H2,1H3,(H2,13,14,15,17). The van der Waals surface area contributed by atoms with E-state index < -0.39 is 6.23 Å². The van der Waals surface area contributed by atoms with Crippen molar-refractivity contribution in [3.8, 4) is 11.5 Å². The van der Waals surface area contributed by atoms with Crippen LogP contribution < -0.4 is 15.4 Å². The van der Waals surface area contributed by atoms with Gasteiger partial charge in [-0.2, -0.15) is 0 Å². The third-order valence-electron chi connectivity index (χ3n) is 2.29. The topological polar surface area (TPSA) is 83.0 Å². The van der Waals surface area contributed by atoms with Gasteiger partial charge >= 0.3 is 6.03 Å². The van der Waals surface area contributed by atoms with Gasteiger partial charge in [-0.15, -0.1) is 0 Å². The van der Waals surface area contributed by atoms with Crippen molar-refractivity contribution in [2.24, 2.45) is 4.99 Å². The maximum Gasteiger partial charge on any atom is 0.323 e. The molecule has 0 bridgehead atoms. The molecule has 2 amide bonds. The molecule has 0 saturated carbocycles. The van der Waals surface area contributed by atoms with Crippen LogP contribution in [-0.4, -0.2) is 34.8 Å². The van der Waals surface area contributed by atoms with Gasteiger partial charge in [0.2, 0.25) is 0 Å². The molecule has 1 aromatic rings. The summed E-state index contributed by atoms with van der Waals surface area (Å²) in [4.78, 5) is 15.7. The van der Waals surface area contributed by atoms with E-state index in [1.165, 1.54) is 23.9 Å². The zero-order valence-corrected chi connectivity index (χ0v) is 11.2. The molecule has 6 nitrogen and oxygen atoms in total. The number of urea groups is 1. The molecular weight excluding hydrogens is 266 g/mol. The van der Waals surface area contributed by atoms with Crippen LogP contribution in [0.1, 0.15) is 6.92 Å². The predicted octanol–water partition coefficient (Wildman–Crippen LogP) is 1.52. The number of amides is 2. The van der Waals surface area contributed by atoms with Gasteiger partial charge in [-0.3, -0.25) is 10.3 Å². The molecule has 1 aliphatic rings. The van der Waals surface area contributed by atoms with E-state index in [1.807, 2.05) is 0 Å². The summed E-state index contributed by atoms with van der Waals surface area (Å²) in [5, 5.41) is 15.1. The van der Waals surface area contributed by atoms with Crippen LogP contribution in [0.4, 0.5) is 4.79 Å². The minimum Gasteiger partial charge on any atom is -0.508 e. The molecule has 0 radical (unpaired) electrons. The second kappa shape index (κ2) is 6.33. The zero-order chi connectivity index (χ0) is 13.7. The molecule has 1 aliphatic heterocycles. The molecule has 1 atom stereocenters. The number of nitrogens with zero attached hydrogens (tertiary/aromatic N) is 1. The lowest BCUT2D eigenvalue weighted by molar-refractivity contribution is 0.179. The number of phenolic OH excluding ortho intramolecular Hbond substituents is 1. The first-order valence-electron chi connectivity index (χ1n) is 5.84. The highest BCUT2D eigenvalue weighted by atomic mass is 32.2. The average molecular weight is 281 g/mol. The maximum atomic E-state index is 11.6. The smallest absolute Gasteiger partial charge is 0.323 e. The van der Waals surface area contributed by atoms with Crippen molar-refractivity contribution in [1.82, 2.24) is 10.6 Å². The number of carbonyl (C=O) groups excluding carboxylic acids is 1. The summed E-state index contributed by atoms with van der Waals surface area (Å²) in [5.74, 6) is 1.63. The largest absolute Gasteiger partial charge is 0.508 e. The second-order valence-corrected chi connectivity index (χ2v) is 4.97. The second-order valence-electron chi connectivity index (χ2n) is 3.89. The molecule has 0 aromatic heterocycles. The van der Waals surface area contributed by atoms with Crippen molar-refractivity contribution in [1.29, 1.82) is 0 Å². The normalized spacial score (nSPS) is 15.5. The van der Waals surface area contributed by atoms with Gasteiger partial charge in [-0.1, -0.05) is 11.8 Å². The number of carbonyl (C=O) groups is 1. The monoisotopic (exact) mass is 281 g/mol. The number of phenols is 1. The van der Waals surface area contributed by atoms with Crippen molar-refractivity contribution in [2.45, 2.75) is 13.2 Å². The van der Waals surface area contributed by atoms with Gasteiger partial charge in [0.25, 0.3) is 0 Å². The van der Waals surface area contributed by atoms with Crippen molar-refractivity contribution in [3.05, 3.63) is 24.3 Å². The minimum absolute atomic E-state index is 0.168. The molecule has 0 spiro atoms. The number of hydrogen-bond donors (Lipinski definition) is 3. The van der Waals surface area contributed by atoms with Gasteiger partial charge in [-0.05, 0) is 31.2 Å². The molecule has 0 fully saturated rings. The Labute approximate surface area is 115 Å². The van der Waals surface area contributed by atoms with Gasteiger partial charge in [0.15, 0.2) is 11.4 Å². The van der Waals surface area contributed by atoms with E-state index in [4.69, 9.17) is 9.84 Å². The summed E-state index contributed by atoms with van der Waals surface area (Å²) in [7, 11) is 0. The van der Waals surface area contributed by atoms with Crippen LogP contribution in [0.25, 0.3) is 0 Å². The molecule has 1 unspecified atom stereocenters. The van der Waals surface area contributed by atoms with Crippen molar-refractivity contribution < 1.29 is 14.6 Å². The third kappa shape index (κ3) is 4.36. The lowest BCUT2D eigenvalue weighted by Crippen LogP contribution is -2.44. The summed E-state index contributed by atoms with van der Waals surface area (Å²) in [6.07, 6.45) is -0.489. The average Bonchev–Trinajstić information content (AvgIpc) is 2.84. The van der Waals surface area contributed by atoms with E-state index >= 15 is 0 Å². The number of aliphatic imine (C=N–C) groups is 1. The Balaban J connectivity index is 1.78. The van der Waals surface area contributed by atoms with E-state index in [2.05, 4.69) is 15.6 Å². The molecule has 0 saturated heterocycles. The SMILES string of the molecule is CC(NC(=O)NC1=NCCS1)Oc1ccc(O)cc1. The Bertz CT molecular complexity index is 476. The summed E-state index contributed by atoms with van der Waals surface area (Å²) >= 11 is 1.51. The molecule has 1 aromatic carbocycles. The predicted molar refractivity (Wildman–Crippen MR) is 74.6 cm³/mol. The Morgan fingerprint density at radius 1 is 1.47 bits per heavy atom. The molecule has 2 rings (SSSR count). The van der Waals surface area contributed by atoms with Crippen LogP contribution in [0.2, 0.25) is 0 Å². The number of ether oxygens (including phenoxy) is 1. The van der Waals surface area contributed by atoms with Crippen LogP contribution >= 0.6 is 11.8 Å². The lowest BCUT2D eigenvalue weighted by Gasteiger charge is -2.16. The highest BCUT2D eigenvalue weighted by Gasteiger charge is 2.13. The highest BCUT2D eigenvalue weighted by Crippen LogP contribution is 2.16. The van der Waals surface area contributed by atoms with E-state index in [1.54, 1.807) is 19.1 Å². The molecule has 7 heteroatoms. The van der Waals surface area contributed by atoms with E-state index in [9.17, 15) is 4.79 Å². The maximum absolute atomic E-state index is 11.6. The Hall–Kier alpha value is -1.89. The fourth-order valence-corrected chi connectivity index (χ4v) is 2.21. The first-order valence-corrected chi connectivity index (χ1v) is 6.82. The fraction of sp³-hybridized carbons (Fsp3) is 0.333. The van der Waals surface area contributed by atoms with Crippen molar-refractivity contribution >= 4 is 23.0 Å². The first-order chi connectivity index (χ1) is 9.13. The summed E-state index contributed by atoms with van der Waals surface area (Å²) in [6, 6.07) is 5.95. The number of hydrogen-bond acceptors (Lipinski definition) is 5. The number of aromatic hydroxyl groups is 1. The third-order valence-corrected chi connectivity index (χ3v) is 3.18. The Morgan fingerprint density at radius 3 is 2.84 bits per heavy atom. The minimum atomic E-state index is -0.489. The summed E-state index contributed by atoms with van der Waals surface area (Å²) in [5.41, 5.74) is 0. The molecule has 3 N–H and O–H groups in total. The number of amidine groups is 1. The zero-order valence-electron chi connectivity index (χ0n) is 10.4. The molecule has 0 aliphatic carbocycles. The van der Waals surface area contributed by atoms with Crippen LogP contribution in [0.15, 0.2) is 29.3 Å². The molecule has 19 heavy (non-hydrogen) atoms. The molecule has 102 valence electrons. The Kier molecular flexibility index (Phi) is 4.51. The van der Waals surface area contributed by atoms with Gasteiger partial charge < -0.3 is 15.2 Å². The van der Waals surface area contributed by atoms with Crippen LogP contribution in [0, 0.1) is 0 Å². The summed E-state index contributed by atoms with van der Waals surface area (Å²) < 4.78 is 5.47. The van der Waals surface area contributed by atoms with Crippen molar-refractivity contribution in [3.63, 3.8) is 0 Å². The van der Waals surface area contributed by atoms with Gasteiger partial charge in [0.1, 0.15) is 11.5 Å². The molecule has 1 heterocycles. The highest BCUT2D eigenvalue weighted by molar-refractivity contribution is 8.14. The van der Waals surface area contributed by atoms with Crippen LogP contribution in [-0.2, 0) is 0 Å². The van der Waals surface area contributed by atoms with E-state index in [0.29, 0.717) is 10.9 Å². The number of thioether (sulfide) groups is 1. The van der Waals surface area contributed by atoms with Gasteiger partial charge in [0, 0.05) is 5.75 Å². The Morgan fingerprint density at radius 2 is 2.21 bits per heavy atom. The number of rotatable bonds is 3. The van der Waals surface area contributed by atoms with Crippen molar-refractivity contribution in [2.75, 3.05) is 12.3 Å². The fourth-order valence-electron chi connectivity index (χ4n) is 1.49. The number of nitrogens with one attached hydrogen (secondary N) is 2. The lowest BCUT2D eigenvalue weighted by atomic mass is 10.3. The van der Waals surface area contributed by atoms with Crippen LogP contribution in [0.3, 0.4) is 0 Å². The number of benzene rings is 1. The van der Waals surface area contributed by atoms with E-state index in [-0.39, 0.29) is 11.8 Å². The van der Waals surface area contributed by atoms with Crippen LogP contribution in [0.5, 0.6) is 11.5 Å². The first kappa shape index (κ1) is 13.5. The van der Waals surface area contributed by atoms with Gasteiger partial charge in [-0.25, -0.2) is 4.79 Å².